The highest BCUT2D eigenvalue weighted by Gasteiger charge is 2.28. The zero-order chi connectivity index (χ0) is 18.3. The second kappa shape index (κ2) is 6.63. The first kappa shape index (κ1) is 17.7. The van der Waals surface area contributed by atoms with Crippen molar-refractivity contribution in [3.05, 3.63) is 67.0 Å². The predicted molar refractivity (Wildman–Crippen MR) is 95.2 cm³/mol. The van der Waals surface area contributed by atoms with Crippen LogP contribution in [0.5, 0.6) is 5.75 Å². The average molecular weight is 402 g/mol. The molecule has 0 fully saturated rings. The minimum atomic E-state index is -0.990. The number of nitrogens with zero attached hydrogens (tertiary/aromatic N) is 2. The molecule has 25 heavy (non-hydrogen) atoms. The van der Waals surface area contributed by atoms with E-state index in [0.29, 0.717) is 0 Å². The largest absolute Gasteiger partial charge is 0.505 e. The average Bonchev–Trinajstić information content (AvgIpc) is 2.84. The fraction of sp³-hybridized carbons (Fsp3) is 0.125. The van der Waals surface area contributed by atoms with Crippen LogP contribution in [-0.2, 0) is 11.3 Å². The number of aromatic nitrogens is 2. The molecular weight excluding hydrogens is 391 g/mol. The topological polar surface area (TPSA) is 72.9 Å². The molecule has 3 rings (SSSR count). The summed E-state index contributed by atoms with van der Waals surface area (Å²) in [6.07, 6.45) is 0. The van der Waals surface area contributed by atoms with Gasteiger partial charge < -0.3 is 9.84 Å². The SMILES string of the molecule is COC(=O)c1c(O)c2c(Cl)c(Cl)c(Cl)n2n(Cc2ccccc2)c1=O. The molecule has 0 amide bonds. The van der Waals surface area contributed by atoms with Gasteiger partial charge in [0, 0.05) is 0 Å². The number of carbonyl (C=O) groups is 1. The van der Waals surface area contributed by atoms with Gasteiger partial charge in [0.25, 0.3) is 5.56 Å². The zero-order valence-corrected chi connectivity index (χ0v) is 15.1. The summed E-state index contributed by atoms with van der Waals surface area (Å²) in [5.41, 5.74) is -0.610. The molecule has 0 saturated heterocycles. The fourth-order valence-electron chi connectivity index (χ4n) is 2.53. The highest BCUT2D eigenvalue weighted by molar-refractivity contribution is 6.50. The van der Waals surface area contributed by atoms with Crippen molar-refractivity contribution in [1.29, 1.82) is 0 Å². The van der Waals surface area contributed by atoms with E-state index in [2.05, 4.69) is 4.74 Å². The number of halogens is 3. The molecule has 6 nitrogen and oxygen atoms in total. The number of rotatable bonds is 3. The Hall–Kier alpha value is -2.15. The second-order valence-electron chi connectivity index (χ2n) is 5.14. The van der Waals surface area contributed by atoms with Gasteiger partial charge in [-0.15, -0.1) is 0 Å². The summed E-state index contributed by atoms with van der Waals surface area (Å²) in [5.74, 6) is -1.63. The van der Waals surface area contributed by atoms with Crippen molar-refractivity contribution in [2.75, 3.05) is 7.11 Å². The first-order valence-corrected chi connectivity index (χ1v) is 8.15. The van der Waals surface area contributed by atoms with Crippen LogP contribution in [0.15, 0.2) is 35.1 Å². The number of benzene rings is 1. The lowest BCUT2D eigenvalue weighted by Gasteiger charge is -2.14. The molecule has 0 aliphatic carbocycles. The molecule has 0 unspecified atom stereocenters. The summed E-state index contributed by atoms with van der Waals surface area (Å²) < 4.78 is 6.95. The van der Waals surface area contributed by atoms with E-state index in [1.165, 1.54) is 4.52 Å². The van der Waals surface area contributed by atoms with E-state index >= 15 is 0 Å². The standard InChI is InChI=1S/C16H11Cl3N2O4/c1-25-16(24)9-13(22)12-10(17)11(18)14(19)21(12)20(15(9)23)7-8-5-3-2-4-6-8/h2-6,22H,7H2,1H3. The van der Waals surface area contributed by atoms with Gasteiger partial charge in [0.15, 0.2) is 11.3 Å². The molecule has 1 aromatic carbocycles. The number of methoxy groups -OCH3 is 1. The molecule has 9 heteroatoms. The van der Waals surface area contributed by atoms with Crippen molar-refractivity contribution in [1.82, 2.24) is 9.20 Å². The molecule has 0 aliphatic rings. The zero-order valence-electron chi connectivity index (χ0n) is 12.8. The molecule has 0 radical (unpaired) electrons. The van der Waals surface area contributed by atoms with Crippen LogP contribution >= 0.6 is 34.8 Å². The highest BCUT2D eigenvalue weighted by atomic mass is 35.5. The van der Waals surface area contributed by atoms with Crippen molar-refractivity contribution in [3.63, 3.8) is 0 Å². The van der Waals surface area contributed by atoms with E-state index in [1.54, 1.807) is 24.3 Å². The number of aromatic hydroxyl groups is 1. The van der Waals surface area contributed by atoms with E-state index in [-0.39, 0.29) is 27.3 Å². The van der Waals surface area contributed by atoms with E-state index in [1.807, 2.05) is 6.07 Å². The van der Waals surface area contributed by atoms with E-state index in [0.717, 1.165) is 17.4 Å². The van der Waals surface area contributed by atoms with E-state index in [4.69, 9.17) is 34.8 Å². The molecule has 0 saturated carbocycles. The Labute approximate surface area is 156 Å². The summed E-state index contributed by atoms with van der Waals surface area (Å²) in [4.78, 5) is 24.8. The molecule has 2 heterocycles. The van der Waals surface area contributed by atoms with Crippen molar-refractivity contribution in [3.8, 4) is 5.75 Å². The first-order valence-electron chi connectivity index (χ1n) is 7.01. The molecular formula is C16H11Cl3N2O4. The maximum Gasteiger partial charge on any atom is 0.347 e. The molecule has 3 aromatic rings. The Kier molecular flexibility index (Phi) is 4.69. The van der Waals surface area contributed by atoms with Gasteiger partial charge in [0.1, 0.15) is 10.7 Å². The lowest BCUT2D eigenvalue weighted by atomic mass is 10.2. The molecule has 0 atom stereocenters. The number of hydrogen-bond acceptors (Lipinski definition) is 4. The summed E-state index contributed by atoms with van der Waals surface area (Å²) in [7, 11) is 1.10. The van der Waals surface area contributed by atoms with Gasteiger partial charge in [-0.1, -0.05) is 65.1 Å². The fourth-order valence-corrected chi connectivity index (χ4v) is 3.28. The monoisotopic (exact) mass is 400 g/mol. The Morgan fingerprint density at radius 3 is 2.40 bits per heavy atom. The van der Waals surface area contributed by atoms with Crippen molar-refractivity contribution < 1.29 is 14.6 Å². The first-order chi connectivity index (χ1) is 11.9. The Morgan fingerprint density at radius 1 is 1.16 bits per heavy atom. The Balaban J connectivity index is 2.43. The van der Waals surface area contributed by atoms with E-state index in [9.17, 15) is 14.7 Å². The molecule has 2 aromatic heterocycles. The highest BCUT2D eigenvalue weighted by Crippen LogP contribution is 2.40. The van der Waals surface area contributed by atoms with Gasteiger partial charge in [-0.05, 0) is 5.56 Å². The predicted octanol–water partition coefficient (Wildman–Crippen LogP) is 3.60. The summed E-state index contributed by atoms with van der Waals surface area (Å²) in [5, 5.41) is 10.2. The summed E-state index contributed by atoms with van der Waals surface area (Å²) in [6, 6.07) is 9.02. The third kappa shape index (κ3) is 2.76. The van der Waals surface area contributed by atoms with E-state index < -0.39 is 22.8 Å². The lowest BCUT2D eigenvalue weighted by molar-refractivity contribution is 0.0594. The maximum atomic E-state index is 12.8. The smallest absolute Gasteiger partial charge is 0.347 e. The molecule has 0 bridgehead atoms. The molecule has 1 N–H and O–H groups in total. The van der Waals surface area contributed by atoms with Crippen molar-refractivity contribution >= 4 is 46.3 Å². The van der Waals surface area contributed by atoms with Gasteiger partial charge in [-0.2, -0.15) is 0 Å². The van der Waals surface area contributed by atoms with Crippen LogP contribution in [0.2, 0.25) is 15.2 Å². The van der Waals surface area contributed by atoms with Crippen LogP contribution in [0.1, 0.15) is 15.9 Å². The Morgan fingerprint density at radius 2 is 1.80 bits per heavy atom. The van der Waals surface area contributed by atoms with Gasteiger partial charge in [-0.25, -0.2) is 14.0 Å². The molecule has 130 valence electrons. The number of fused-ring (bicyclic) bond motifs is 1. The van der Waals surface area contributed by atoms with Crippen LogP contribution in [0.4, 0.5) is 0 Å². The maximum absolute atomic E-state index is 12.8. The minimum absolute atomic E-state index is 0.0399. The molecule has 0 spiro atoms. The third-order valence-electron chi connectivity index (χ3n) is 3.70. The minimum Gasteiger partial charge on any atom is -0.505 e. The van der Waals surface area contributed by atoms with Crippen LogP contribution in [0, 0.1) is 0 Å². The summed E-state index contributed by atoms with van der Waals surface area (Å²) in [6.45, 7) is 0.0709. The van der Waals surface area contributed by atoms with Crippen LogP contribution in [-0.4, -0.2) is 27.4 Å². The van der Waals surface area contributed by atoms with Crippen molar-refractivity contribution in [2.45, 2.75) is 6.54 Å². The normalized spacial score (nSPS) is 11.0. The number of ether oxygens (including phenoxy) is 1. The third-order valence-corrected chi connectivity index (χ3v) is 4.97. The molecule has 0 aliphatic heterocycles. The number of esters is 1. The second-order valence-corrected chi connectivity index (χ2v) is 6.26. The van der Waals surface area contributed by atoms with Gasteiger partial charge in [-0.3, -0.25) is 4.79 Å². The van der Waals surface area contributed by atoms with Crippen LogP contribution in [0.3, 0.4) is 0 Å². The van der Waals surface area contributed by atoms with Gasteiger partial charge >= 0.3 is 5.97 Å². The van der Waals surface area contributed by atoms with Crippen molar-refractivity contribution in [2.24, 2.45) is 0 Å². The van der Waals surface area contributed by atoms with Gasteiger partial charge in [0.05, 0.1) is 23.7 Å². The van der Waals surface area contributed by atoms with Crippen LogP contribution < -0.4 is 5.56 Å². The van der Waals surface area contributed by atoms with Crippen LogP contribution in [0.25, 0.3) is 5.52 Å². The summed E-state index contributed by atoms with van der Waals surface area (Å²) >= 11 is 18.4. The number of hydrogen-bond donors (Lipinski definition) is 1. The lowest BCUT2D eigenvalue weighted by Crippen LogP contribution is -2.32. The van der Waals surface area contributed by atoms with Gasteiger partial charge in [0.2, 0.25) is 0 Å². The quantitative estimate of drug-likeness (QED) is 0.681. The Bertz CT molecular complexity index is 1040. The number of carbonyl (C=O) groups excluding carboxylic acids is 1.